The van der Waals surface area contributed by atoms with Crippen LogP contribution in [-0.4, -0.2) is 81.3 Å². The SMILES string of the molecule is COc1cc(OCCO)c(F)c(C(Cc2ccc(C(=N)N)cc2)c2nc(OCOC(=O)C(C)(C)C(=O)OCC(C)(C)C)n(-c3ncccn3)n2)c1. The molecule has 2 aromatic heterocycles. The molecule has 0 aliphatic carbocycles. The molecule has 0 saturated heterocycles. The molecule has 51 heavy (non-hydrogen) atoms. The van der Waals surface area contributed by atoms with Gasteiger partial charge in [0.15, 0.2) is 22.8 Å². The molecule has 2 aromatic carbocycles. The van der Waals surface area contributed by atoms with E-state index in [4.69, 9.17) is 34.8 Å². The third-order valence-corrected chi connectivity index (χ3v) is 7.39. The Kier molecular flexibility index (Phi) is 12.3. The molecule has 0 amide bonds. The van der Waals surface area contributed by atoms with E-state index >= 15 is 4.39 Å². The Hall–Kier alpha value is -5.64. The zero-order chi connectivity index (χ0) is 37.3. The Morgan fingerprint density at radius 1 is 1.02 bits per heavy atom. The molecule has 0 saturated carbocycles. The van der Waals surface area contributed by atoms with Gasteiger partial charge in [0.1, 0.15) is 18.2 Å². The second-order valence-corrected chi connectivity index (χ2v) is 13.1. The fourth-order valence-corrected chi connectivity index (χ4v) is 4.57. The molecule has 0 fully saturated rings. The molecule has 1 unspecified atom stereocenters. The number of halogens is 1. The number of amidine groups is 1. The molecular formula is C35H42FN7O8. The number of carbonyl (C=O) groups excluding carboxylic acids is 2. The smallest absolute Gasteiger partial charge is 0.325 e. The van der Waals surface area contributed by atoms with Crippen LogP contribution in [0.25, 0.3) is 5.95 Å². The molecule has 4 aromatic rings. The summed E-state index contributed by atoms with van der Waals surface area (Å²) in [7, 11) is 1.42. The van der Waals surface area contributed by atoms with Crippen molar-refractivity contribution >= 4 is 17.8 Å². The number of esters is 2. The third-order valence-electron chi connectivity index (χ3n) is 7.39. The van der Waals surface area contributed by atoms with Gasteiger partial charge in [0, 0.05) is 29.6 Å². The number of hydrogen-bond acceptors (Lipinski definition) is 13. The number of aliphatic hydroxyl groups is 1. The van der Waals surface area contributed by atoms with Gasteiger partial charge in [-0.25, -0.2) is 14.4 Å². The first-order chi connectivity index (χ1) is 24.1. The number of benzene rings is 2. The predicted octanol–water partition coefficient (Wildman–Crippen LogP) is 3.73. The van der Waals surface area contributed by atoms with E-state index < -0.39 is 35.9 Å². The van der Waals surface area contributed by atoms with E-state index in [1.54, 1.807) is 30.3 Å². The maximum Gasteiger partial charge on any atom is 0.325 e. The van der Waals surface area contributed by atoms with Crippen LogP contribution >= 0.6 is 0 Å². The summed E-state index contributed by atoms with van der Waals surface area (Å²) in [5.74, 6) is -3.19. The van der Waals surface area contributed by atoms with Crippen molar-refractivity contribution in [3.63, 3.8) is 0 Å². The van der Waals surface area contributed by atoms with Crippen molar-refractivity contribution in [3.8, 4) is 23.5 Å². The molecule has 0 radical (unpaired) electrons. The molecule has 2 heterocycles. The Bertz CT molecular complexity index is 1830. The zero-order valence-corrected chi connectivity index (χ0v) is 29.3. The summed E-state index contributed by atoms with van der Waals surface area (Å²) >= 11 is 0. The van der Waals surface area contributed by atoms with Gasteiger partial charge in [0.05, 0.1) is 26.2 Å². The average Bonchev–Trinajstić information content (AvgIpc) is 3.53. The quantitative estimate of drug-likeness (QED) is 0.0500. The van der Waals surface area contributed by atoms with Gasteiger partial charge < -0.3 is 34.5 Å². The van der Waals surface area contributed by atoms with Gasteiger partial charge in [-0.2, -0.15) is 4.98 Å². The molecule has 4 rings (SSSR count). The topological polar surface area (TPSA) is 207 Å². The summed E-state index contributed by atoms with van der Waals surface area (Å²) in [4.78, 5) is 38.7. The number of nitrogens with zero attached hydrogens (tertiary/aromatic N) is 5. The van der Waals surface area contributed by atoms with Crippen LogP contribution in [-0.2, 0) is 25.5 Å². The number of rotatable bonds is 16. The molecule has 272 valence electrons. The predicted molar refractivity (Wildman–Crippen MR) is 181 cm³/mol. The van der Waals surface area contributed by atoms with Gasteiger partial charge in [-0.05, 0) is 43.4 Å². The van der Waals surface area contributed by atoms with Crippen LogP contribution in [0, 0.1) is 22.1 Å². The third kappa shape index (κ3) is 9.75. The monoisotopic (exact) mass is 707 g/mol. The number of nitrogen functional groups attached to an aromatic ring is 1. The Morgan fingerprint density at radius 3 is 2.29 bits per heavy atom. The lowest BCUT2D eigenvalue weighted by atomic mass is 9.90. The van der Waals surface area contributed by atoms with E-state index in [9.17, 15) is 14.7 Å². The summed E-state index contributed by atoms with van der Waals surface area (Å²) in [6.07, 6.45) is 3.08. The first-order valence-electron chi connectivity index (χ1n) is 15.9. The van der Waals surface area contributed by atoms with Gasteiger partial charge in [-0.1, -0.05) is 45.0 Å². The van der Waals surface area contributed by atoms with Gasteiger partial charge in [-0.15, -0.1) is 9.78 Å². The van der Waals surface area contributed by atoms with Crippen molar-refractivity contribution in [2.45, 2.75) is 47.0 Å². The molecule has 0 spiro atoms. The van der Waals surface area contributed by atoms with Crippen molar-refractivity contribution in [2.24, 2.45) is 16.6 Å². The maximum absolute atomic E-state index is 16.2. The lowest BCUT2D eigenvalue weighted by Gasteiger charge is -2.24. The highest BCUT2D eigenvalue weighted by Crippen LogP contribution is 2.37. The highest BCUT2D eigenvalue weighted by Gasteiger charge is 2.40. The van der Waals surface area contributed by atoms with Crippen LogP contribution in [0.2, 0.25) is 0 Å². The normalized spacial score (nSPS) is 12.2. The number of methoxy groups -OCH3 is 1. The zero-order valence-electron chi connectivity index (χ0n) is 29.3. The average molecular weight is 708 g/mol. The van der Waals surface area contributed by atoms with E-state index in [2.05, 4.69) is 20.1 Å². The first-order valence-corrected chi connectivity index (χ1v) is 15.9. The number of nitrogens with two attached hydrogens (primary N) is 1. The van der Waals surface area contributed by atoms with E-state index in [0.717, 1.165) is 0 Å². The van der Waals surface area contributed by atoms with Gasteiger partial charge in [0.25, 0.3) is 5.95 Å². The minimum atomic E-state index is -1.64. The summed E-state index contributed by atoms with van der Waals surface area (Å²) < 4.78 is 44.7. The fourth-order valence-electron chi connectivity index (χ4n) is 4.57. The van der Waals surface area contributed by atoms with Crippen LogP contribution in [0.1, 0.15) is 63.1 Å². The Morgan fingerprint density at radius 2 is 1.69 bits per heavy atom. The first kappa shape index (κ1) is 38.2. The van der Waals surface area contributed by atoms with Crippen molar-refractivity contribution in [3.05, 3.63) is 83.2 Å². The maximum atomic E-state index is 16.2. The molecular weight excluding hydrogens is 665 g/mol. The summed E-state index contributed by atoms with van der Waals surface area (Å²) in [6.45, 7) is 7.35. The molecule has 0 aliphatic heterocycles. The number of hydrogen-bond donors (Lipinski definition) is 3. The Labute approximate surface area is 294 Å². The number of aliphatic hydroxyl groups excluding tert-OH is 1. The van der Waals surface area contributed by atoms with Crippen LogP contribution in [0.15, 0.2) is 54.9 Å². The molecule has 0 aliphatic rings. The molecule has 4 N–H and O–H groups in total. The van der Waals surface area contributed by atoms with Gasteiger partial charge in [-0.3, -0.25) is 15.0 Å². The van der Waals surface area contributed by atoms with E-state index in [1.807, 2.05) is 20.8 Å². The van der Waals surface area contributed by atoms with E-state index in [1.165, 1.54) is 50.2 Å². The number of ether oxygens (including phenoxy) is 5. The largest absolute Gasteiger partial charge is 0.497 e. The van der Waals surface area contributed by atoms with Crippen molar-refractivity contribution in [1.82, 2.24) is 24.7 Å². The molecule has 1 atom stereocenters. The summed E-state index contributed by atoms with van der Waals surface area (Å²) in [5.41, 5.74) is 5.01. The number of carbonyl (C=O) groups is 2. The minimum absolute atomic E-state index is 0.0475. The number of nitrogens with one attached hydrogen (secondary N) is 1. The summed E-state index contributed by atoms with van der Waals surface area (Å²) in [5, 5.41) is 21.7. The van der Waals surface area contributed by atoms with E-state index in [0.29, 0.717) is 11.1 Å². The minimum Gasteiger partial charge on any atom is -0.497 e. The van der Waals surface area contributed by atoms with E-state index in [-0.39, 0.29) is 72.3 Å². The highest BCUT2D eigenvalue weighted by atomic mass is 19.1. The van der Waals surface area contributed by atoms with Crippen molar-refractivity contribution in [1.29, 1.82) is 5.41 Å². The Balaban J connectivity index is 1.73. The van der Waals surface area contributed by atoms with Crippen LogP contribution < -0.4 is 19.9 Å². The molecule has 16 heteroatoms. The number of aromatic nitrogens is 5. The van der Waals surface area contributed by atoms with Crippen molar-refractivity contribution < 1.29 is 42.8 Å². The van der Waals surface area contributed by atoms with Crippen LogP contribution in [0.4, 0.5) is 4.39 Å². The molecule has 15 nitrogen and oxygen atoms in total. The second-order valence-electron chi connectivity index (χ2n) is 13.1. The van der Waals surface area contributed by atoms with Gasteiger partial charge in [0.2, 0.25) is 6.79 Å². The highest BCUT2D eigenvalue weighted by molar-refractivity contribution is 5.99. The van der Waals surface area contributed by atoms with Crippen LogP contribution in [0.3, 0.4) is 0 Å². The molecule has 0 bridgehead atoms. The fraction of sp³-hybridized carbons (Fsp3) is 0.400. The van der Waals surface area contributed by atoms with Crippen LogP contribution in [0.5, 0.6) is 17.5 Å². The summed E-state index contributed by atoms with van der Waals surface area (Å²) in [6, 6.07) is 11.1. The van der Waals surface area contributed by atoms with Crippen molar-refractivity contribution in [2.75, 3.05) is 33.7 Å². The second kappa shape index (κ2) is 16.4. The standard InChI is InChI=1S/C35H42FN7O8/c1-34(2,3)19-49-30(45)35(4,5)31(46)50-20-51-33-41-29(42-43(33)32-39-12-7-13-40-32)25(16-21-8-10-22(11-9-21)28(37)38)24-17-23(47-6)18-26(27(24)36)48-15-14-44/h7-13,17-18,25,44H,14-16,19-20H2,1-6H3,(H3,37,38). The van der Waals surface area contributed by atoms with Gasteiger partial charge >= 0.3 is 17.9 Å². The lowest BCUT2D eigenvalue weighted by molar-refractivity contribution is -0.175. The lowest BCUT2D eigenvalue weighted by Crippen LogP contribution is -2.38.